The highest BCUT2D eigenvalue weighted by Crippen LogP contribution is 2.28. The number of nitrogens with one attached hydrogen (secondary N) is 1. The lowest BCUT2D eigenvalue weighted by Crippen LogP contribution is -2.34. The van der Waals surface area contributed by atoms with Crippen molar-refractivity contribution in [3.8, 4) is 12.8 Å². The Hall–Kier alpha value is -3.11. The Labute approximate surface area is 221 Å². The van der Waals surface area contributed by atoms with E-state index in [1.54, 1.807) is 18.7 Å². The maximum absolute atomic E-state index is 13.0. The van der Waals surface area contributed by atoms with Crippen LogP contribution >= 0.6 is 11.8 Å². The second-order valence-electron chi connectivity index (χ2n) is 7.33. The summed E-state index contributed by atoms with van der Waals surface area (Å²) < 4.78 is 25.5. The molecule has 0 spiro atoms. The van der Waals surface area contributed by atoms with Crippen molar-refractivity contribution < 1.29 is 13.6 Å². The minimum atomic E-state index is -1.48. The number of carbonyl (C=O) groups is 1. The smallest absolute Gasteiger partial charge is 0.158 e. The Morgan fingerprint density at radius 2 is 1.89 bits per heavy atom. The summed E-state index contributed by atoms with van der Waals surface area (Å²) in [6.07, 6.45) is 12.7. The van der Waals surface area contributed by atoms with Gasteiger partial charge >= 0.3 is 0 Å². The largest absolute Gasteiger partial charge is 0.388 e. The van der Waals surface area contributed by atoms with E-state index in [1.807, 2.05) is 14.1 Å². The van der Waals surface area contributed by atoms with E-state index < -0.39 is 12.0 Å². The van der Waals surface area contributed by atoms with Crippen LogP contribution in [0.25, 0.3) is 5.57 Å². The molecule has 36 heavy (non-hydrogen) atoms. The molecule has 0 saturated carbocycles. The summed E-state index contributed by atoms with van der Waals surface area (Å²) in [5.41, 5.74) is 5.31. The Kier molecular flexibility index (Phi) is 20.6. The first-order chi connectivity index (χ1) is 17.3. The van der Waals surface area contributed by atoms with Crippen LogP contribution in [-0.2, 0) is 4.79 Å². The standard InChI is InChI=1S/C16H23N3S.C9H12F2O.C2H4.C2H2/c1-12-9-10-19(16(18-3)20-4)11-15(12)13-5-7-14(17-2)8-6-13;1-3-4-9(11)8(5-6-12)7(2)10;2*1-2/h5-8,17H,9-11H2,1-4H3;3-4,6,9H,5H2,1-2H3;1-2H2;1-2H/b;4-3?,8-7+;;. The first-order valence-corrected chi connectivity index (χ1v) is 12.7. The van der Waals surface area contributed by atoms with E-state index in [2.05, 4.69) is 78.7 Å². The fourth-order valence-electron chi connectivity index (χ4n) is 3.38. The molecule has 1 aliphatic heterocycles. The molecule has 0 amide bonds. The van der Waals surface area contributed by atoms with Gasteiger partial charge in [0.05, 0.1) is 5.83 Å². The minimum Gasteiger partial charge on any atom is -0.388 e. The lowest BCUT2D eigenvalue weighted by atomic mass is 9.95. The summed E-state index contributed by atoms with van der Waals surface area (Å²) in [7, 11) is 3.82. The van der Waals surface area contributed by atoms with E-state index in [-0.39, 0.29) is 12.0 Å². The van der Waals surface area contributed by atoms with Crippen molar-refractivity contribution in [3.05, 3.63) is 72.1 Å². The maximum atomic E-state index is 13.0. The fraction of sp³-hybridized carbons (Fsp3) is 0.379. The topological polar surface area (TPSA) is 44.7 Å². The molecule has 0 aromatic heterocycles. The van der Waals surface area contributed by atoms with Crippen molar-refractivity contribution in [1.29, 1.82) is 0 Å². The van der Waals surface area contributed by atoms with Crippen molar-refractivity contribution in [3.63, 3.8) is 0 Å². The first kappa shape index (κ1) is 35.1. The molecule has 4 nitrogen and oxygen atoms in total. The average Bonchev–Trinajstić information content (AvgIpc) is 2.91. The third-order valence-electron chi connectivity index (χ3n) is 5.23. The number of terminal acetylenes is 1. The predicted molar refractivity (Wildman–Crippen MR) is 157 cm³/mol. The van der Waals surface area contributed by atoms with Crippen LogP contribution in [0, 0.1) is 12.8 Å². The van der Waals surface area contributed by atoms with Crippen molar-refractivity contribution in [1.82, 2.24) is 4.90 Å². The lowest BCUT2D eigenvalue weighted by molar-refractivity contribution is -0.107. The quantitative estimate of drug-likeness (QED) is 0.141. The van der Waals surface area contributed by atoms with Crippen LogP contribution in [0.3, 0.4) is 0 Å². The number of amidine groups is 1. The molecule has 1 aromatic carbocycles. The molecule has 1 aromatic rings. The minimum absolute atomic E-state index is 0.0944. The number of anilines is 1. The molecule has 0 radical (unpaired) electrons. The number of halogens is 2. The number of rotatable bonds is 6. The van der Waals surface area contributed by atoms with Crippen molar-refractivity contribution in [2.75, 3.05) is 38.8 Å². The van der Waals surface area contributed by atoms with Gasteiger partial charge in [-0.05, 0) is 56.7 Å². The van der Waals surface area contributed by atoms with Gasteiger partial charge in [0.25, 0.3) is 0 Å². The molecule has 1 aliphatic rings. The van der Waals surface area contributed by atoms with E-state index in [1.165, 1.54) is 28.9 Å². The molecule has 1 unspecified atom stereocenters. The zero-order valence-corrected chi connectivity index (χ0v) is 23.3. The van der Waals surface area contributed by atoms with E-state index in [0.717, 1.165) is 37.3 Å². The van der Waals surface area contributed by atoms with Gasteiger partial charge < -0.3 is 15.0 Å². The summed E-state index contributed by atoms with van der Waals surface area (Å²) in [5.74, 6) is -0.618. The van der Waals surface area contributed by atoms with E-state index in [0.29, 0.717) is 6.29 Å². The van der Waals surface area contributed by atoms with Crippen LogP contribution in [-0.4, -0.2) is 56.0 Å². The molecular formula is C29H41F2N3OS. The summed E-state index contributed by atoms with van der Waals surface area (Å²) in [4.78, 5) is 16.8. The van der Waals surface area contributed by atoms with Gasteiger partial charge in [0.1, 0.15) is 12.5 Å². The number of thioether (sulfide) groups is 1. The van der Waals surface area contributed by atoms with Gasteiger partial charge in [0.2, 0.25) is 0 Å². The summed E-state index contributed by atoms with van der Waals surface area (Å²) in [5, 5.41) is 4.29. The highest BCUT2D eigenvalue weighted by molar-refractivity contribution is 8.13. The van der Waals surface area contributed by atoms with Crippen LogP contribution < -0.4 is 5.32 Å². The highest BCUT2D eigenvalue weighted by Gasteiger charge is 2.20. The van der Waals surface area contributed by atoms with Crippen molar-refractivity contribution in [2.45, 2.75) is 39.8 Å². The number of nitrogens with zero attached hydrogens (tertiary/aromatic N) is 2. The van der Waals surface area contributed by atoms with Crippen molar-refractivity contribution >= 4 is 34.5 Å². The molecule has 0 bridgehead atoms. The van der Waals surface area contributed by atoms with Gasteiger partial charge in [0.15, 0.2) is 5.17 Å². The van der Waals surface area contributed by atoms with Crippen LogP contribution in [0.15, 0.2) is 71.5 Å². The SMILES string of the molecule is C#C.C=C.CC=CC(F)/C(CC=O)=C(\C)F.CN=C(SC)N1CCC(C)=C(c2ccc(NC)cc2)C1. The van der Waals surface area contributed by atoms with Gasteiger partial charge in [-0.25, -0.2) is 8.78 Å². The Morgan fingerprint density at radius 3 is 2.31 bits per heavy atom. The van der Waals surface area contributed by atoms with Gasteiger partial charge in [0, 0.05) is 44.9 Å². The molecular weight excluding hydrogens is 476 g/mol. The molecule has 0 aliphatic carbocycles. The van der Waals surface area contributed by atoms with Crippen LogP contribution in [0.2, 0.25) is 0 Å². The maximum Gasteiger partial charge on any atom is 0.158 e. The second-order valence-corrected chi connectivity index (χ2v) is 8.10. The molecule has 198 valence electrons. The summed E-state index contributed by atoms with van der Waals surface area (Å²) in [6, 6.07) is 8.68. The third-order valence-corrected chi connectivity index (χ3v) is 6.03. The monoisotopic (exact) mass is 517 g/mol. The average molecular weight is 518 g/mol. The molecule has 2 rings (SSSR count). The summed E-state index contributed by atoms with van der Waals surface area (Å²) >= 11 is 1.72. The number of benzene rings is 1. The van der Waals surface area contributed by atoms with E-state index >= 15 is 0 Å². The molecule has 0 fully saturated rings. The Bertz CT molecular complexity index is 914. The number of hydrogen-bond acceptors (Lipinski definition) is 4. The van der Waals surface area contributed by atoms with Crippen LogP contribution in [0.1, 0.15) is 39.2 Å². The number of carbonyl (C=O) groups excluding carboxylic acids is 1. The lowest BCUT2D eigenvalue weighted by Gasteiger charge is -2.32. The van der Waals surface area contributed by atoms with Crippen LogP contribution in [0.5, 0.6) is 0 Å². The van der Waals surface area contributed by atoms with Gasteiger partial charge in [-0.15, -0.1) is 26.0 Å². The number of alkyl halides is 1. The third kappa shape index (κ3) is 12.0. The second kappa shape index (κ2) is 21.2. The number of allylic oxidation sites excluding steroid dienone is 4. The highest BCUT2D eigenvalue weighted by atomic mass is 32.2. The zero-order chi connectivity index (χ0) is 28.1. The normalized spacial score (nSPS) is 14.7. The first-order valence-electron chi connectivity index (χ1n) is 11.4. The zero-order valence-electron chi connectivity index (χ0n) is 22.5. The van der Waals surface area contributed by atoms with E-state index in [4.69, 9.17) is 0 Å². The number of aldehydes is 1. The molecule has 1 N–H and O–H groups in total. The number of aliphatic imine (C=N–C) groups is 1. The number of hydrogen-bond donors (Lipinski definition) is 1. The van der Waals surface area contributed by atoms with Crippen molar-refractivity contribution in [2.24, 2.45) is 4.99 Å². The molecule has 1 heterocycles. The Morgan fingerprint density at radius 1 is 1.31 bits per heavy atom. The van der Waals surface area contributed by atoms with Gasteiger partial charge in [-0.3, -0.25) is 4.99 Å². The predicted octanol–water partition coefficient (Wildman–Crippen LogP) is 7.34. The summed E-state index contributed by atoms with van der Waals surface area (Å²) in [6.45, 7) is 13.1. The van der Waals surface area contributed by atoms with Crippen LogP contribution in [0.4, 0.5) is 14.5 Å². The Balaban J connectivity index is 0. The molecule has 0 saturated heterocycles. The molecule has 7 heteroatoms. The van der Waals surface area contributed by atoms with Gasteiger partial charge in [-0.1, -0.05) is 41.6 Å². The van der Waals surface area contributed by atoms with E-state index in [9.17, 15) is 13.6 Å². The molecule has 1 atom stereocenters. The fourth-order valence-corrected chi connectivity index (χ4v) is 3.97. The van der Waals surface area contributed by atoms with Gasteiger partial charge in [-0.2, -0.15) is 0 Å².